The smallest absolute Gasteiger partial charge is 0.124 e. The lowest BCUT2D eigenvalue weighted by molar-refractivity contribution is 0.474. The molecule has 0 bridgehead atoms. The van der Waals surface area contributed by atoms with Gasteiger partial charge in [0.2, 0.25) is 0 Å². The third-order valence-electron chi connectivity index (χ3n) is 2.85. The van der Waals surface area contributed by atoms with Crippen molar-refractivity contribution in [1.29, 1.82) is 0 Å². The molecule has 0 aliphatic carbocycles. The summed E-state index contributed by atoms with van der Waals surface area (Å²) in [6.45, 7) is 0. The number of para-hydroxylation sites is 1. The molecular weight excluding hydrogens is 232 g/mol. The summed E-state index contributed by atoms with van der Waals surface area (Å²) in [6, 6.07) is 11.7. The Labute approximate surface area is 103 Å². The van der Waals surface area contributed by atoms with Crippen LogP contribution in [0.4, 0.5) is 0 Å². The number of hydrogen-bond acceptors (Lipinski definition) is 4. The fourth-order valence-electron chi connectivity index (χ4n) is 1.98. The highest BCUT2D eigenvalue weighted by atomic mass is 32.1. The molecule has 2 N–H and O–H groups in total. The maximum Gasteiger partial charge on any atom is 0.124 e. The molecular formula is C13H12N2OS. The standard InChI is InChI=1S/C13H12N2OS/c16-12-5-2-1-4-9(12)10-8-11(15-14-10)13-6-3-7-17-13/h1-7,11,15-16H,8H2. The quantitative estimate of drug-likeness (QED) is 0.853. The largest absolute Gasteiger partial charge is 0.507 e. The predicted molar refractivity (Wildman–Crippen MR) is 69.5 cm³/mol. The summed E-state index contributed by atoms with van der Waals surface area (Å²) < 4.78 is 0. The van der Waals surface area contributed by atoms with Crippen LogP contribution in [-0.4, -0.2) is 10.8 Å². The van der Waals surface area contributed by atoms with Gasteiger partial charge in [0.25, 0.3) is 0 Å². The van der Waals surface area contributed by atoms with Crippen LogP contribution < -0.4 is 5.43 Å². The van der Waals surface area contributed by atoms with E-state index in [-0.39, 0.29) is 6.04 Å². The van der Waals surface area contributed by atoms with Gasteiger partial charge >= 0.3 is 0 Å². The minimum atomic E-state index is 0.240. The minimum absolute atomic E-state index is 0.240. The molecule has 2 heterocycles. The molecule has 1 atom stereocenters. The number of aromatic hydroxyl groups is 1. The van der Waals surface area contributed by atoms with E-state index in [1.165, 1.54) is 4.88 Å². The Kier molecular flexibility index (Phi) is 2.57. The highest BCUT2D eigenvalue weighted by Gasteiger charge is 2.23. The average Bonchev–Trinajstić information content (AvgIpc) is 3.00. The number of hydrogen-bond donors (Lipinski definition) is 2. The van der Waals surface area contributed by atoms with Crippen molar-refractivity contribution in [3.05, 3.63) is 52.2 Å². The first-order valence-corrected chi connectivity index (χ1v) is 6.36. The van der Waals surface area contributed by atoms with Crippen LogP contribution >= 0.6 is 11.3 Å². The predicted octanol–water partition coefficient (Wildman–Crippen LogP) is 2.89. The van der Waals surface area contributed by atoms with E-state index >= 15 is 0 Å². The SMILES string of the molecule is Oc1ccccc1C1=NNC(c2cccs2)C1. The van der Waals surface area contributed by atoms with Gasteiger partial charge in [0.15, 0.2) is 0 Å². The first-order valence-electron chi connectivity index (χ1n) is 5.48. The maximum absolute atomic E-state index is 9.78. The molecule has 2 aromatic rings. The molecule has 1 aromatic heterocycles. The fourth-order valence-corrected chi connectivity index (χ4v) is 2.75. The molecule has 0 fully saturated rings. The second-order valence-corrected chi connectivity index (χ2v) is 4.96. The highest BCUT2D eigenvalue weighted by Crippen LogP contribution is 2.29. The third kappa shape index (κ3) is 1.91. The van der Waals surface area contributed by atoms with E-state index in [1.54, 1.807) is 17.4 Å². The van der Waals surface area contributed by atoms with Crippen LogP contribution in [0.25, 0.3) is 0 Å². The van der Waals surface area contributed by atoms with E-state index in [4.69, 9.17) is 0 Å². The third-order valence-corrected chi connectivity index (χ3v) is 3.84. The van der Waals surface area contributed by atoms with Crippen molar-refractivity contribution in [3.8, 4) is 5.75 Å². The van der Waals surface area contributed by atoms with Crippen LogP contribution in [0.1, 0.15) is 22.9 Å². The topological polar surface area (TPSA) is 44.6 Å². The molecule has 17 heavy (non-hydrogen) atoms. The number of nitrogens with one attached hydrogen (secondary N) is 1. The van der Waals surface area contributed by atoms with Crippen molar-refractivity contribution in [2.24, 2.45) is 5.10 Å². The van der Waals surface area contributed by atoms with E-state index < -0.39 is 0 Å². The minimum Gasteiger partial charge on any atom is -0.507 e. The van der Waals surface area contributed by atoms with Crippen molar-refractivity contribution < 1.29 is 5.11 Å². The summed E-state index contributed by atoms with van der Waals surface area (Å²) in [5.74, 6) is 0.292. The van der Waals surface area contributed by atoms with Crippen LogP contribution in [0.15, 0.2) is 46.9 Å². The average molecular weight is 244 g/mol. The number of phenolic OH excluding ortho intramolecular Hbond substituents is 1. The van der Waals surface area contributed by atoms with Crippen LogP contribution in [0.5, 0.6) is 5.75 Å². The van der Waals surface area contributed by atoms with E-state index in [1.807, 2.05) is 24.3 Å². The van der Waals surface area contributed by atoms with Gasteiger partial charge in [-0.05, 0) is 23.6 Å². The van der Waals surface area contributed by atoms with E-state index in [2.05, 4.69) is 22.0 Å². The maximum atomic E-state index is 9.78. The van der Waals surface area contributed by atoms with E-state index in [0.717, 1.165) is 17.7 Å². The van der Waals surface area contributed by atoms with Crippen LogP contribution in [0, 0.1) is 0 Å². The summed E-state index contributed by atoms with van der Waals surface area (Å²) in [6.07, 6.45) is 0.818. The molecule has 0 amide bonds. The van der Waals surface area contributed by atoms with Gasteiger partial charge in [-0.3, -0.25) is 0 Å². The fraction of sp³-hybridized carbons (Fsp3) is 0.154. The zero-order valence-electron chi connectivity index (χ0n) is 9.13. The molecule has 1 aliphatic heterocycles. The van der Waals surface area contributed by atoms with Gasteiger partial charge < -0.3 is 10.5 Å². The lowest BCUT2D eigenvalue weighted by Gasteiger charge is -2.06. The molecule has 0 radical (unpaired) electrons. The first-order chi connectivity index (χ1) is 8.34. The van der Waals surface area contributed by atoms with Crippen molar-refractivity contribution in [3.63, 3.8) is 0 Å². The Bertz CT molecular complexity index is 548. The second kappa shape index (κ2) is 4.22. The monoisotopic (exact) mass is 244 g/mol. The summed E-state index contributed by atoms with van der Waals surface area (Å²) in [5.41, 5.74) is 4.86. The summed E-state index contributed by atoms with van der Waals surface area (Å²) in [5, 5.41) is 16.2. The van der Waals surface area contributed by atoms with Crippen molar-refractivity contribution in [2.45, 2.75) is 12.5 Å². The Morgan fingerprint density at radius 1 is 1.24 bits per heavy atom. The van der Waals surface area contributed by atoms with E-state index in [0.29, 0.717) is 5.75 Å². The lowest BCUT2D eigenvalue weighted by Crippen LogP contribution is -2.07. The first kappa shape index (κ1) is 10.4. The van der Waals surface area contributed by atoms with Crippen molar-refractivity contribution >= 4 is 17.0 Å². The summed E-state index contributed by atoms with van der Waals surface area (Å²) in [7, 11) is 0. The number of benzene rings is 1. The van der Waals surface area contributed by atoms with Gasteiger partial charge in [-0.2, -0.15) is 5.10 Å². The summed E-state index contributed by atoms with van der Waals surface area (Å²) in [4.78, 5) is 1.28. The van der Waals surface area contributed by atoms with Gasteiger partial charge in [-0.15, -0.1) is 11.3 Å². The van der Waals surface area contributed by atoms with Gasteiger partial charge in [0, 0.05) is 16.9 Å². The molecule has 0 spiro atoms. The molecule has 1 aliphatic rings. The Morgan fingerprint density at radius 3 is 2.88 bits per heavy atom. The van der Waals surface area contributed by atoms with Crippen LogP contribution in [-0.2, 0) is 0 Å². The molecule has 3 rings (SSSR count). The van der Waals surface area contributed by atoms with Gasteiger partial charge in [-0.25, -0.2) is 0 Å². The number of hydrazone groups is 1. The molecule has 0 saturated heterocycles. The zero-order valence-corrected chi connectivity index (χ0v) is 9.95. The Hall–Kier alpha value is -1.81. The molecule has 3 nitrogen and oxygen atoms in total. The molecule has 4 heteroatoms. The van der Waals surface area contributed by atoms with Gasteiger partial charge in [-0.1, -0.05) is 18.2 Å². The number of thiophene rings is 1. The van der Waals surface area contributed by atoms with Crippen LogP contribution in [0.2, 0.25) is 0 Å². The Morgan fingerprint density at radius 2 is 2.12 bits per heavy atom. The van der Waals surface area contributed by atoms with Crippen molar-refractivity contribution in [2.75, 3.05) is 0 Å². The van der Waals surface area contributed by atoms with Gasteiger partial charge in [0.05, 0.1) is 11.8 Å². The summed E-state index contributed by atoms with van der Waals surface area (Å²) >= 11 is 1.72. The van der Waals surface area contributed by atoms with E-state index in [9.17, 15) is 5.11 Å². The second-order valence-electron chi connectivity index (χ2n) is 3.98. The molecule has 1 aromatic carbocycles. The van der Waals surface area contributed by atoms with Crippen LogP contribution in [0.3, 0.4) is 0 Å². The molecule has 0 saturated carbocycles. The number of phenols is 1. The lowest BCUT2D eigenvalue weighted by atomic mass is 10.0. The Balaban J connectivity index is 1.83. The highest BCUT2D eigenvalue weighted by molar-refractivity contribution is 7.10. The number of nitrogens with zero attached hydrogens (tertiary/aromatic N) is 1. The normalized spacial score (nSPS) is 18.8. The zero-order chi connectivity index (χ0) is 11.7. The molecule has 1 unspecified atom stereocenters. The van der Waals surface area contributed by atoms with Gasteiger partial charge in [0.1, 0.15) is 5.75 Å². The number of rotatable bonds is 2. The molecule has 86 valence electrons. The van der Waals surface area contributed by atoms with Crippen molar-refractivity contribution in [1.82, 2.24) is 5.43 Å².